The standard InChI is InChI=1S/C60H49N3O/c1-38(2)51-36-53(45-20-13-8-14-21-45)57(37-52(51)44-18-11-7-12-19-44)63-56-23-15-22-50(58(56)62-60(63)54-31-40(4)30-41(5)59(54)64)48-32-47(42-16-9-6-10-17-42)33-49(34-48)55-35-46(28-29-61-55)43-26-24-39(3)25-27-43/h6-38,64H,1-5H3/i3D3,38D. The summed E-state index contributed by atoms with van der Waals surface area (Å²) in [5, 5.41) is 12.0. The van der Waals surface area contributed by atoms with Gasteiger partial charge >= 0.3 is 0 Å². The summed E-state index contributed by atoms with van der Waals surface area (Å²) >= 11 is 0. The van der Waals surface area contributed by atoms with Crippen LogP contribution in [0.5, 0.6) is 5.75 Å². The Hall–Kier alpha value is -7.82. The van der Waals surface area contributed by atoms with Crippen LogP contribution in [0.3, 0.4) is 0 Å². The third-order valence-electron chi connectivity index (χ3n) is 12.1. The van der Waals surface area contributed by atoms with Gasteiger partial charge in [-0.15, -0.1) is 0 Å². The Morgan fingerprint density at radius 3 is 1.84 bits per heavy atom. The summed E-state index contributed by atoms with van der Waals surface area (Å²) in [6.07, 6.45) is 1.79. The van der Waals surface area contributed by atoms with Gasteiger partial charge in [-0.05, 0) is 142 Å². The van der Waals surface area contributed by atoms with Crippen LogP contribution < -0.4 is 0 Å². The first kappa shape index (κ1) is 35.7. The van der Waals surface area contributed by atoms with Gasteiger partial charge < -0.3 is 5.11 Å². The van der Waals surface area contributed by atoms with Crippen molar-refractivity contribution in [3.05, 3.63) is 217 Å². The maximum Gasteiger partial charge on any atom is 0.149 e. The summed E-state index contributed by atoms with van der Waals surface area (Å²) in [7, 11) is 0. The Morgan fingerprint density at radius 2 is 1.16 bits per heavy atom. The smallest absolute Gasteiger partial charge is 0.149 e. The van der Waals surface area contributed by atoms with Crippen molar-refractivity contribution in [2.24, 2.45) is 0 Å². The average Bonchev–Trinajstić information content (AvgIpc) is 3.74. The van der Waals surface area contributed by atoms with Crippen molar-refractivity contribution in [3.8, 4) is 89.7 Å². The molecule has 0 fully saturated rings. The summed E-state index contributed by atoms with van der Waals surface area (Å²) in [6, 6.07) is 63.0. The molecule has 1 N–H and O–H groups in total. The van der Waals surface area contributed by atoms with Crippen molar-refractivity contribution in [1.82, 2.24) is 14.5 Å². The topological polar surface area (TPSA) is 50.9 Å². The van der Waals surface area contributed by atoms with E-state index < -0.39 is 12.7 Å². The van der Waals surface area contributed by atoms with Gasteiger partial charge in [0.15, 0.2) is 0 Å². The predicted octanol–water partition coefficient (Wildman–Crippen LogP) is 15.8. The molecule has 0 amide bonds. The number of nitrogens with zero attached hydrogens (tertiary/aromatic N) is 3. The SMILES string of the molecule is [2H]C([2H])([2H])c1ccc(-c2ccnc(-c3cc(-c4ccccc4)cc(-c4cccc5c4nc(-c4cc(C)cc(C)c4O)n5-c4cc(-c5ccccc5)c(C([2H])(C)C)cc4-c4ccccc4)c3)c2)cc1. The lowest BCUT2D eigenvalue weighted by atomic mass is 9.88. The molecular weight excluding hydrogens is 779 g/mol. The first-order valence-electron chi connectivity index (χ1n) is 23.6. The Morgan fingerprint density at radius 1 is 0.516 bits per heavy atom. The molecule has 10 aromatic rings. The van der Waals surface area contributed by atoms with Crippen LogP contribution in [0.1, 0.15) is 47.5 Å². The van der Waals surface area contributed by atoms with E-state index in [-0.39, 0.29) is 5.75 Å². The highest BCUT2D eigenvalue weighted by atomic mass is 16.3. The largest absolute Gasteiger partial charge is 0.507 e. The van der Waals surface area contributed by atoms with E-state index >= 15 is 0 Å². The number of benzene rings is 8. The van der Waals surface area contributed by atoms with Crippen LogP contribution in [0.15, 0.2) is 194 Å². The molecule has 2 aromatic heterocycles. The third-order valence-corrected chi connectivity index (χ3v) is 12.1. The van der Waals surface area contributed by atoms with Crippen LogP contribution in [-0.2, 0) is 0 Å². The van der Waals surface area contributed by atoms with Gasteiger partial charge in [-0.25, -0.2) is 4.98 Å². The highest BCUT2D eigenvalue weighted by Crippen LogP contribution is 2.45. The van der Waals surface area contributed by atoms with Crippen LogP contribution in [0, 0.1) is 20.7 Å². The number of rotatable bonds is 9. The van der Waals surface area contributed by atoms with E-state index in [1.54, 1.807) is 18.3 Å². The number of aryl methyl sites for hydroxylation is 3. The molecule has 64 heavy (non-hydrogen) atoms. The van der Waals surface area contributed by atoms with E-state index in [4.69, 9.17) is 14.1 Å². The second-order valence-electron chi connectivity index (χ2n) is 16.7. The fourth-order valence-corrected chi connectivity index (χ4v) is 8.94. The Labute approximate surface area is 381 Å². The van der Waals surface area contributed by atoms with Crippen molar-refractivity contribution in [2.75, 3.05) is 0 Å². The van der Waals surface area contributed by atoms with Gasteiger partial charge in [-0.2, -0.15) is 0 Å². The van der Waals surface area contributed by atoms with Crippen molar-refractivity contribution in [2.45, 2.75) is 40.4 Å². The molecule has 0 spiro atoms. The van der Waals surface area contributed by atoms with Gasteiger partial charge in [0, 0.05) is 28.4 Å². The zero-order valence-electron chi connectivity index (χ0n) is 40.3. The van der Waals surface area contributed by atoms with Crippen molar-refractivity contribution in [3.63, 3.8) is 0 Å². The van der Waals surface area contributed by atoms with Crippen LogP contribution in [0.25, 0.3) is 95.0 Å². The predicted molar refractivity (Wildman–Crippen MR) is 267 cm³/mol. The number of phenols is 1. The summed E-state index contributed by atoms with van der Waals surface area (Å²) in [6.45, 7) is 5.64. The van der Waals surface area contributed by atoms with E-state index in [2.05, 4.69) is 89.5 Å². The number of para-hydroxylation sites is 1. The fraction of sp³-hybridized carbons (Fsp3) is 0.100. The number of pyridine rings is 1. The van der Waals surface area contributed by atoms with Gasteiger partial charge in [-0.3, -0.25) is 9.55 Å². The number of hydrogen-bond acceptors (Lipinski definition) is 3. The van der Waals surface area contributed by atoms with E-state index in [0.717, 1.165) is 100 Å². The summed E-state index contributed by atoms with van der Waals surface area (Å²) in [4.78, 5) is 10.5. The Bertz CT molecular complexity index is 3480. The number of phenolic OH excluding ortho intramolecular Hbond substituents is 1. The molecular formula is C60H49N3O. The van der Waals surface area contributed by atoms with E-state index in [1.165, 1.54) is 0 Å². The molecule has 8 aromatic carbocycles. The quantitative estimate of drug-likeness (QED) is 0.158. The molecule has 0 aliphatic heterocycles. The molecule has 2 heterocycles. The molecule has 310 valence electrons. The number of imidazole rings is 1. The van der Waals surface area contributed by atoms with Crippen LogP contribution in [0.2, 0.25) is 0 Å². The van der Waals surface area contributed by atoms with Gasteiger partial charge in [-0.1, -0.05) is 153 Å². The van der Waals surface area contributed by atoms with E-state index in [1.807, 2.05) is 119 Å². The molecule has 0 saturated carbocycles. The van der Waals surface area contributed by atoms with Gasteiger partial charge in [0.05, 0.1) is 28.0 Å². The van der Waals surface area contributed by atoms with Gasteiger partial charge in [0.1, 0.15) is 11.6 Å². The molecule has 0 saturated heterocycles. The lowest BCUT2D eigenvalue weighted by molar-refractivity contribution is 0.472. The molecule has 4 heteroatoms. The first-order valence-corrected chi connectivity index (χ1v) is 21.6. The van der Waals surface area contributed by atoms with Crippen molar-refractivity contribution in [1.29, 1.82) is 0 Å². The van der Waals surface area contributed by atoms with E-state index in [9.17, 15) is 6.48 Å². The van der Waals surface area contributed by atoms with Crippen LogP contribution >= 0.6 is 0 Å². The number of aromatic nitrogens is 3. The number of aromatic hydroxyl groups is 1. The first-order chi connectivity index (χ1) is 32.7. The normalized spacial score (nSPS) is 12.7. The van der Waals surface area contributed by atoms with Crippen LogP contribution in [-0.4, -0.2) is 19.6 Å². The van der Waals surface area contributed by atoms with Gasteiger partial charge in [0.25, 0.3) is 0 Å². The molecule has 10 rings (SSSR count). The second-order valence-corrected chi connectivity index (χ2v) is 16.7. The molecule has 4 nitrogen and oxygen atoms in total. The molecule has 0 bridgehead atoms. The second kappa shape index (κ2) is 16.8. The molecule has 0 unspecified atom stereocenters. The minimum absolute atomic E-state index is 0.162. The maximum atomic E-state index is 12.0. The Balaban J connectivity index is 1.25. The summed E-state index contributed by atoms with van der Waals surface area (Å²) < 4.78 is 35.2. The zero-order valence-corrected chi connectivity index (χ0v) is 36.3. The zero-order chi connectivity index (χ0) is 47.3. The monoisotopic (exact) mass is 831 g/mol. The Kier molecular flexibility index (Phi) is 9.38. The average molecular weight is 832 g/mol. The summed E-state index contributed by atoms with van der Waals surface area (Å²) in [5.41, 5.74) is 17.2. The minimum Gasteiger partial charge on any atom is -0.507 e. The maximum absolute atomic E-state index is 12.0. The van der Waals surface area contributed by atoms with Crippen molar-refractivity contribution >= 4 is 11.0 Å². The van der Waals surface area contributed by atoms with Crippen LogP contribution in [0.4, 0.5) is 0 Å². The molecule has 0 aliphatic carbocycles. The minimum atomic E-state index is -2.19. The number of hydrogen-bond donors (Lipinski definition) is 1. The molecule has 0 aliphatic rings. The fourth-order valence-electron chi connectivity index (χ4n) is 8.94. The molecule has 0 radical (unpaired) electrons. The highest BCUT2D eigenvalue weighted by molar-refractivity contribution is 5.99. The summed E-state index contributed by atoms with van der Waals surface area (Å²) in [5.74, 6) is -0.189. The molecule has 0 atom stereocenters. The van der Waals surface area contributed by atoms with Gasteiger partial charge in [0.2, 0.25) is 0 Å². The lowest BCUT2D eigenvalue weighted by Crippen LogP contribution is -2.04. The highest BCUT2D eigenvalue weighted by Gasteiger charge is 2.25. The van der Waals surface area contributed by atoms with E-state index in [0.29, 0.717) is 17.0 Å². The third kappa shape index (κ3) is 7.58. The lowest BCUT2D eigenvalue weighted by Gasteiger charge is -2.22. The van der Waals surface area contributed by atoms with Crippen molar-refractivity contribution < 1.29 is 10.6 Å². The number of fused-ring (bicyclic) bond motifs is 1.